The van der Waals surface area contributed by atoms with Crippen molar-refractivity contribution in [2.24, 2.45) is 0 Å². The average Bonchev–Trinajstić information content (AvgIpc) is 3.60. The molecule has 0 bridgehead atoms. The number of pyridine rings is 2. The molecular weight excluding hydrogens is 575 g/mol. The van der Waals surface area contributed by atoms with E-state index in [1.54, 1.807) is 22.6 Å². The maximum Gasteiger partial charge on any atom is 0.264 e. The molecule has 0 amide bonds. The highest BCUT2D eigenvalue weighted by Crippen LogP contribution is 2.45. The van der Waals surface area contributed by atoms with Crippen LogP contribution in [0.5, 0.6) is 0 Å². The third-order valence-electron chi connectivity index (χ3n) is 9.48. The molecule has 4 aromatic heterocycles. The molecule has 0 saturated carbocycles. The molecule has 0 spiro atoms. The zero-order valence-electron chi connectivity index (χ0n) is 22.4. The number of hydrogen-bond acceptors (Lipinski definition) is 4. The molecule has 0 fully saturated rings. The molecule has 0 atom stereocenters. The summed E-state index contributed by atoms with van der Waals surface area (Å²) in [7, 11) is 0. The Bertz CT molecular complexity index is 3000. The molecular formula is C36H14ClFN4O2. The van der Waals surface area contributed by atoms with Gasteiger partial charge in [0, 0.05) is 43.4 Å². The van der Waals surface area contributed by atoms with Crippen molar-refractivity contribution < 1.29 is 4.39 Å². The van der Waals surface area contributed by atoms with Crippen LogP contribution in [-0.2, 0) is 0 Å². The molecule has 4 heterocycles. The normalized spacial score (nSPS) is 13.0. The summed E-state index contributed by atoms with van der Waals surface area (Å²) in [4.78, 5) is 37.6. The molecule has 0 N–H and O–H groups in total. The fourth-order valence-corrected chi connectivity index (χ4v) is 7.89. The lowest BCUT2D eigenvalue weighted by molar-refractivity contribution is 0.629. The van der Waals surface area contributed by atoms with Crippen LogP contribution in [0.15, 0.2) is 94.5 Å². The molecule has 0 unspecified atom stereocenters. The lowest BCUT2D eigenvalue weighted by Crippen LogP contribution is -2.14. The highest BCUT2D eigenvalue weighted by atomic mass is 35.5. The van der Waals surface area contributed by atoms with Gasteiger partial charge in [-0.25, -0.2) is 14.4 Å². The number of aromatic nitrogens is 4. The van der Waals surface area contributed by atoms with E-state index in [1.807, 2.05) is 42.5 Å². The summed E-state index contributed by atoms with van der Waals surface area (Å²) in [5, 5.41) is 11.0. The van der Waals surface area contributed by atoms with Crippen LogP contribution >= 0.6 is 11.6 Å². The van der Waals surface area contributed by atoms with E-state index in [0.29, 0.717) is 49.2 Å². The van der Waals surface area contributed by atoms with Gasteiger partial charge in [0.25, 0.3) is 11.1 Å². The molecule has 11 rings (SSSR count). The number of rotatable bonds is 0. The summed E-state index contributed by atoms with van der Waals surface area (Å²) < 4.78 is 17.4. The summed E-state index contributed by atoms with van der Waals surface area (Å²) in [6.45, 7) is 0. The van der Waals surface area contributed by atoms with Gasteiger partial charge >= 0.3 is 0 Å². The smallest absolute Gasteiger partial charge is 0.264 e. The van der Waals surface area contributed by atoms with E-state index in [1.165, 1.54) is 16.5 Å². The predicted molar refractivity (Wildman–Crippen MR) is 175 cm³/mol. The van der Waals surface area contributed by atoms with E-state index >= 15 is 0 Å². The first-order chi connectivity index (χ1) is 21.5. The SMILES string of the molecule is O=c1c2ccc3c4ccc5c6c(ccc(c7ccc(c2c73)c2nc3ccc(F)cc3n12)c46)c(=O)n1c2cc(Cl)ccc2nc51. The Morgan fingerprint density at radius 3 is 1.43 bits per heavy atom. The second kappa shape index (κ2) is 7.27. The Morgan fingerprint density at radius 2 is 0.909 bits per heavy atom. The molecule has 0 radical (unpaired) electrons. The van der Waals surface area contributed by atoms with Crippen LogP contribution in [0.2, 0.25) is 5.02 Å². The molecule has 7 aromatic carbocycles. The first-order valence-electron chi connectivity index (χ1n) is 14.1. The van der Waals surface area contributed by atoms with Crippen LogP contribution in [0.4, 0.5) is 4.39 Å². The molecule has 0 aliphatic rings. The topological polar surface area (TPSA) is 68.7 Å². The molecule has 44 heavy (non-hydrogen) atoms. The van der Waals surface area contributed by atoms with Crippen LogP contribution in [0.1, 0.15) is 0 Å². The first-order valence-corrected chi connectivity index (χ1v) is 14.5. The predicted octanol–water partition coefficient (Wildman–Crippen LogP) is 8.03. The quantitative estimate of drug-likeness (QED) is 0.133. The van der Waals surface area contributed by atoms with Crippen molar-refractivity contribution in [1.29, 1.82) is 0 Å². The Hall–Kier alpha value is -5.66. The highest BCUT2D eigenvalue weighted by molar-refractivity contribution is 6.40. The Morgan fingerprint density at radius 1 is 0.500 bits per heavy atom. The lowest BCUT2D eigenvalue weighted by atomic mass is 9.86. The van der Waals surface area contributed by atoms with Gasteiger partial charge in [-0.3, -0.25) is 18.4 Å². The average molecular weight is 589 g/mol. The van der Waals surface area contributed by atoms with Crippen molar-refractivity contribution >= 4 is 110 Å². The van der Waals surface area contributed by atoms with Crippen LogP contribution in [0.25, 0.3) is 98.0 Å². The largest absolute Gasteiger partial charge is 0.268 e. The highest BCUT2D eigenvalue weighted by Gasteiger charge is 2.24. The molecule has 0 aliphatic heterocycles. The first kappa shape index (κ1) is 22.9. The summed E-state index contributed by atoms with van der Waals surface area (Å²) in [5.41, 5.74) is 3.13. The van der Waals surface area contributed by atoms with Crippen LogP contribution < -0.4 is 11.1 Å². The van der Waals surface area contributed by atoms with Gasteiger partial charge in [-0.05, 0) is 86.9 Å². The van der Waals surface area contributed by atoms with E-state index < -0.39 is 5.82 Å². The molecule has 0 aliphatic carbocycles. The molecule has 8 heteroatoms. The van der Waals surface area contributed by atoms with Gasteiger partial charge < -0.3 is 0 Å². The molecule has 11 aromatic rings. The van der Waals surface area contributed by atoms with Crippen molar-refractivity contribution in [1.82, 2.24) is 18.8 Å². The lowest BCUT2D eigenvalue weighted by Gasteiger charge is -2.18. The van der Waals surface area contributed by atoms with Gasteiger partial charge in [0.15, 0.2) is 0 Å². The fourth-order valence-electron chi connectivity index (χ4n) is 7.73. The van der Waals surface area contributed by atoms with Gasteiger partial charge in [-0.1, -0.05) is 35.9 Å². The van der Waals surface area contributed by atoms with E-state index in [2.05, 4.69) is 12.1 Å². The van der Waals surface area contributed by atoms with Crippen LogP contribution in [0.3, 0.4) is 0 Å². The maximum absolute atomic E-state index is 14.2. The third kappa shape index (κ3) is 2.44. The number of hydrogen-bond donors (Lipinski definition) is 0. The van der Waals surface area contributed by atoms with Gasteiger partial charge in [-0.15, -0.1) is 0 Å². The zero-order chi connectivity index (χ0) is 29.2. The van der Waals surface area contributed by atoms with E-state index in [4.69, 9.17) is 21.6 Å². The van der Waals surface area contributed by atoms with E-state index in [9.17, 15) is 14.0 Å². The van der Waals surface area contributed by atoms with E-state index in [-0.39, 0.29) is 11.1 Å². The number of imidazole rings is 2. The van der Waals surface area contributed by atoms with Crippen molar-refractivity contribution in [3.63, 3.8) is 0 Å². The van der Waals surface area contributed by atoms with Gasteiger partial charge in [-0.2, -0.15) is 0 Å². The van der Waals surface area contributed by atoms with Crippen molar-refractivity contribution in [2.75, 3.05) is 0 Å². The van der Waals surface area contributed by atoms with Gasteiger partial charge in [0.05, 0.1) is 22.1 Å². The summed E-state index contributed by atoms with van der Waals surface area (Å²) in [6, 6.07) is 25.7. The number of fused-ring (bicyclic) bond motifs is 10. The fraction of sp³-hybridized carbons (Fsp3) is 0. The number of nitrogens with zero attached hydrogens (tertiary/aromatic N) is 4. The summed E-state index contributed by atoms with van der Waals surface area (Å²) in [6.07, 6.45) is 0. The molecule has 0 saturated heterocycles. The zero-order valence-corrected chi connectivity index (χ0v) is 23.2. The minimum Gasteiger partial charge on any atom is -0.268 e. The van der Waals surface area contributed by atoms with Crippen LogP contribution in [0, 0.1) is 5.82 Å². The van der Waals surface area contributed by atoms with Crippen molar-refractivity contribution in [3.8, 4) is 0 Å². The van der Waals surface area contributed by atoms with Crippen LogP contribution in [-0.4, -0.2) is 18.8 Å². The summed E-state index contributed by atoms with van der Waals surface area (Å²) in [5.74, 6) is -0.418. The molecule has 6 nitrogen and oxygen atoms in total. The van der Waals surface area contributed by atoms with Crippen molar-refractivity contribution in [2.45, 2.75) is 0 Å². The van der Waals surface area contributed by atoms with E-state index in [0.717, 1.165) is 53.9 Å². The minimum absolute atomic E-state index is 0.141. The number of benzene rings is 7. The second-order valence-corrected chi connectivity index (χ2v) is 12.0. The Balaban J connectivity index is 1.38. The van der Waals surface area contributed by atoms with Gasteiger partial charge in [0.2, 0.25) is 0 Å². The third-order valence-corrected chi connectivity index (χ3v) is 9.72. The maximum atomic E-state index is 14.2. The Labute approximate surface area is 248 Å². The minimum atomic E-state index is -0.418. The molecule has 204 valence electrons. The van der Waals surface area contributed by atoms with Crippen molar-refractivity contribution in [3.05, 3.63) is 116 Å². The second-order valence-electron chi connectivity index (χ2n) is 11.6. The number of halogens is 2. The summed E-state index contributed by atoms with van der Waals surface area (Å²) >= 11 is 6.31. The standard InChI is InChI=1S/C36H14ClFN4O2/c37-15-1-11-25-27(13-15)41-33(39-25)21-7-3-17-20-6-10-24-32-22(34-40-26-12-2-16(38)14-28(26)42(34)36(24)44)8-4-18(30(20)32)19-5-9-23(35(41)43)31(21)29(17)19/h1-14H. The Kier molecular flexibility index (Phi) is 3.78. The van der Waals surface area contributed by atoms with Gasteiger partial charge in [0.1, 0.15) is 17.1 Å². The monoisotopic (exact) mass is 588 g/mol.